The Kier molecular flexibility index (Phi) is 9.16. The zero-order valence-corrected chi connectivity index (χ0v) is 16.5. The molecule has 1 nitrogen and oxygen atoms in total. The maximum absolute atomic E-state index is 12.8. The molecule has 2 rings (SSSR count). The van der Waals surface area contributed by atoms with E-state index in [-0.39, 0.29) is 0 Å². The number of hydrogen-bond donors (Lipinski definition) is 0. The molecule has 3 heteroatoms. The zero-order valence-electron chi connectivity index (χ0n) is 16.5. The second kappa shape index (κ2) is 10.8. The van der Waals surface area contributed by atoms with Gasteiger partial charge in [0.1, 0.15) is 0 Å². The van der Waals surface area contributed by atoms with Gasteiger partial charge in [-0.1, -0.05) is 64.2 Å². The number of rotatable bonds is 17. The molecule has 0 radical (unpaired) electrons. The van der Waals surface area contributed by atoms with Crippen LogP contribution in [-0.4, -0.2) is 19.6 Å². The van der Waals surface area contributed by atoms with Crippen LogP contribution in [0.25, 0.3) is 0 Å². The number of hydrogen-bond acceptors (Lipinski definition) is 1. The summed E-state index contributed by atoms with van der Waals surface area (Å²) < 4.78 is 31.2. The van der Waals surface area contributed by atoms with Crippen molar-refractivity contribution in [1.29, 1.82) is 0 Å². The van der Waals surface area contributed by atoms with Gasteiger partial charge in [-0.15, -0.1) is 0 Å². The molecule has 0 amide bonds. The minimum absolute atomic E-state index is 0.554. The molecule has 25 heavy (non-hydrogen) atoms. The van der Waals surface area contributed by atoms with Crippen LogP contribution in [0.4, 0.5) is 8.78 Å². The highest BCUT2D eigenvalue weighted by Crippen LogP contribution is 2.54. The van der Waals surface area contributed by atoms with Gasteiger partial charge in [0.2, 0.25) is 6.43 Å². The standard InChI is InChI=1S/C22H40F2O/c1-2-25-19-21(15-16-21)13-11-9-7-5-3-4-6-8-10-12-14-22(17-18-22)20(23)24/h20H,2-19H2,1H3. The van der Waals surface area contributed by atoms with Crippen LogP contribution in [0.15, 0.2) is 0 Å². The van der Waals surface area contributed by atoms with Gasteiger partial charge in [0, 0.05) is 12.0 Å². The fraction of sp³-hybridized carbons (Fsp3) is 1.00. The second-order valence-corrected chi connectivity index (χ2v) is 8.84. The van der Waals surface area contributed by atoms with E-state index in [4.69, 9.17) is 4.74 Å². The third-order valence-electron chi connectivity index (χ3n) is 6.56. The van der Waals surface area contributed by atoms with Crippen molar-refractivity contribution in [3.63, 3.8) is 0 Å². The van der Waals surface area contributed by atoms with Crippen molar-refractivity contribution < 1.29 is 13.5 Å². The normalized spacial score (nSPS) is 20.2. The summed E-state index contributed by atoms with van der Waals surface area (Å²) in [5.74, 6) is 0. The van der Waals surface area contributed by atoms with E-state index in [2.05, 4.69) is 6.92 Å². The molecule has 0 spiro atoms. The molecule has 2 aliphatic rings. The average Bonchev–Trinajstić information content (AvgIpc) is 3.51. The highest BCUT2D eigenvalue weighted by molar-refractivity contribution is 4.95. The smallest absolute Gasteiger partial charge is 0.244 e. The molecular weight excluding hydrogens is 318 g/mol. The lowest BCUT2D eigenvalue weighted by Gasteiger charge is -2.14. The summed E-state index contributed by atoms with van der Waals surface area (Å²) in [6, 6.07) is 0. The van der Waals surface area contributed by atoms with Gasteiger partial charge in [0.25, 0.3) is 0 Å². The average molecular weight is 359 g/mol. The second-order valence-electron chi connectivity index (χ2n) is 8.84. The predicted octanol–water partition coefficient (Wildman–Crippen LogP) is 7.53. The molecular formula is C22H40F2O. The van der Waals surface area contributed by atoms with Gasteiger partial charge < -0.3 is 4.74 Å². The lowest BCUT2D eigenvalue weighted by molar-refractivity contribution is 0.0548. The Labute approximate surface area is 154 Å². The monoisotopic (exact) mass is 358 g/mol. The van der Waals surface area contributed by atoms with Gasteiger partial charge in [-0.2, -0.15) is 0 Å². The third kappa shape index (κ3) is 7.93. The van der Waals surface area contributed by atoms with Crippen molar-refractivity contribution in [3.8, 4) is 0 Å². The van der Waals surface area contributed by atoms with E-state index in [1.54, 1.807) is 0 Å². The van der Waals surface area contributed by atoms with E-state index in [1.165, 1.54) is 70.6 Å². The first-order chi connectivity index (χ1) is 12.1. The van der Waals surface area contributed by atoms with Crippen molar-refractivity contribution in [2.75, 3.05) is 13.2 Å². The largest absolute Gasteiger partial charge is 0.381 e. The van der Waals surface area contributed by atoms with Gasteiger partial charge in [0.05, 0.1) is 6.61 Å². The Morgan fingerprint density at radius 3 is 1.60 bits per heavy atom. The van der Waals surface area contributed by atoms with Crippen LogP contribution in [0.2, 0.25) is 0 Å². The first kappa shape index (κ1) is 21.1. The zero-order chi connectivity index (χ0) is 18.0. The van der Waals surface area contributed by atoms with Crippen LogP contribution in [0.5, 0.6) is 0 Å². The minimum Gasteiger partial charge on any atom is -0.381 e. The molecule has 0 aromatic rings. The predicted molar refractivity (Wildman–Crippen MR) is 101 cm³/mol. The van der Waals surface area contributed by atoms with Crippen molar-refractivity contribution in [3.05, 3.63) is 0 Å². The van der Waals surface area contributed by atoms with E-state index in [0.717, 1.165) is 45.3 Å². The van der Waals surface area contributed by atoms with E-state index in [1.807, 2.05) is 0 Å². The maximum Gasteiger partial charge on any atom is 0.244 e. The Balaban J connectivity index is 1.29. The molecule has 0 atom stereocenters. The highest BCUT2D eigenvalue weighted by Gasteiger charge is 2.49. The molecule has 2 fully saturated rings. The Morgan fingerprint density at radius 2 is 1.20 bits per heavy atom. The summed E-state index contributed by atoms with van der Waals surface area (Å²) >= 11 is 0. The topological polar surface area (TPSA) is 9.23 Å². The van der Waals surface area contributed by atoms with Gasteiger partial charge in [-0.3, -0.25) is 0 Å². The molecule has 2 saturated carbocycles. The van der Waals surface area contributed by atoms with Crippen molar-refractivity contribution in [2.45, 2.75) is 116 Å². The molecule has 0 aliphatic heterocycles. The van der Waals surface area contributed by atoms with E-state index in [9.17, 15) is 8.78 Å². The van der Waals surface area contributed by atoms with Crippen LogP contribution in [0.1, 0.15) is 110 Å². The van der Waals surface area contributed by atoms with E-state index >= 15 is 0 Å². The quantitative estimate of drug-likeness (QED) is 0.244. The Morgan fingerprint density at radius 1 is 0.720 bits per heavy atom. The van der Waals surface area contributed by atoms with Crippen molar-refractivity contribution in [1.82, 2.24) is 0 Å². The van der Waals surface area contributed by atoms with Crippen LogP contribution in [0.3, 0.4) is 0 Å². The molecule has 0 aromatic carbocycles. The number of alkyl halides is 2. The number of unbranched alkanes of at least 4 members (excludes halogenated alkanes) is 9. The van der Waals surface area contributed by atoms with Crippen LogP contribution < -0.4 is 0 Å². The summed E-state index contributed by atoms with van der Waals surface area (Å²) in [5.41, 5.74) is 0.0150. The molecule has 2 aliphatic carbocycles. The van der Waals surface area contributed by atoms with Gasteiger partial charge in [-0.05, 0) is 50.9 Å². The fourth-order valence-electron chi connectivity index (χ4n) is 4.09. The highest BCUT2D eigenvalue weighted by atomic mass is 19.3. The van der Waals surface area contributed by atoms with Gasteiger partial charge >= 0.3 is 0 Å². The lowest BCUT2D eigenvalue weighted by Crippen LogP contribution is -2.11. The Bertz CT molecular complexity index is 348. The molecule has 0 bridgehead atoms. The van der Waals surface area contributed by atoms with Crippen LogP contribution in [0, 0.1) is 10.8 Å². The fourth-order valence-corrected chi connectivity index (χ4v) is 4.09. The third-order valence-corrected chi connectivity index (χ3v) is 6.56. The van der Waals surface area contributed by atoms with Crippen LogP contribution >= 0.6 is 0 Å². The molecule has 0 unspecified atom stereocenters. The lowest BCUT2D eigenvalue weighted by atomic mass is 9.97. The van der Waals surface area contributed by atoms with E-state index < -0.39 is 11.8 Å². The molecule has 148 valence electrons. The van der Waals surface area contributed by atoms with Crippen molar-refractivity contribution >= 4 is 0 Å². The van der Waals surface area contributed by atoms with Crippen molar-refractivity contribution in [2.24, 2.45) is 10.8 Å². The first-order valence-electron chi connectivity index (χ1n) is 11.0. The summed E-state index contributed by atoms with van der Waals surface area (Å²) in [5, 5.41) is 0. The Hall–Kier alpha value is -0.180. The molecule has 0 saturated heterocycles. The van der Waals surface area contributed by atoms with Gasteiger partial charge in [0.15, 0.2) is 0 Å². The number of ether oxygens (including phenoxy) is 1. The van der Waals surface area contributed by atoms with Gasteiger partial charge in [-0.25, -0.2) is 8.78 Å². The molecule has 0 heterocycles. The van der Waals surface area contributed by atoms with Crippen LogP contribution in [-0.2, 0) is 4.74 Å². The summed E-state index contributed by atoms with van der Waals surface area (Å²) in [7, 11) is 0. The SMILES string of the molecule is CCOCC1(CCCCCCCCCCCCC2(C(F)F)CC2)CC1. The van der Waals surface area contributed by atoms with E-state index in [0.29, 0.717) is 5.41 Å². The maximum atomic E-state index is 12.8. The summed E-state index contributed by atoms with van der Waals surface area (Å²) in [6.45, 7) is 3.93. The minimum atomic E-state index is -2.08. The number of halogens is 2. The molecule has 0 N–H and O–H groups in total. The summed E-state index contributed by atoms with van der Waals surface area (Å²) in [4.78, 5) is 0. The summed E-state index contributed by atoms with van der Waals surface area (Å²) in [6.07, 6.45) is 17.2. The first-order valence-corrected chi connectivity index (χ1v) is 11.0. The molecule has 0 aromatic heterocycles.